The van der Waals surface area contributed by atoms with Crippen LogP contribution in [0.3, 0.4) is 0 Å². The first-order chi connectivity index (χ1) is 9.16. The van der Waals surface area contributed by atoms with E-state index in [0.717, 1.165) is 10.2 Å². The van der Waals surface area contributed by atoms with Crippen LogP contribution in [0.2, 0.25) is 0 Å². The Balaban J connectivity index is 2.01. The van der Waals surface area contributed by atoms with Gasteiger partial charge in [0.1, 0.15) is 0 Å². The van der Waals surface area contributed by atoms with Gasteiger partial charge < -0.3 is 0 Å². The van der Waals surface area contributed by atoms with E-state index in [1.165, 1.54) is 4.90 Å². The number of carbonyl (C=O) groups excluding carboxylic acids is 2. The third-order valence-corrected chi connectivity index (χ3v) is 3.47. The molecule has 5 heteroatoms. The number of pyridine rings is 1. The number of fused-ring (bicyclic) bond motifs is 1. The molecule has 0 saturated carbocycles. The molecule has 0 unspecified atom stereocenters. The molecule has 4 nitrogen and oxygen atoms in total. The third kappa shape index (κ3) is 2.06. The summed E-state index contributed by atoms with van der Waals surface area (Å²) in [4.78, 5) is 29.5. The van der Waals surface area contributed by atoms with Gasteiger partial charge in [-0.15, -0.1) is 0 Å². The minimum atomic E-state index is -0.501. The number of carbonyl (C=O) groups is 2. The van der Waals surface area contributed by atoms with Gasteiger partial charge in [-0.3, -0.25) is 19.5 Å². The standard InChI is InChI=1S/C14H9BrN2O2/c15-9-4-5-11-12(7-9)17(14(19)13(11)18)8-10-3-1-2-6-16-10/h1-7H,8H2. The van der Waals surface area contributed by atoms with Gasteiger partial charge in [0.05, 0.1) is 23.5 Å². The quantitative estimate of drug-likeness (QED) is 0.800. The summed E-state index contributed by atoms with van der Waals surface area (Å²) in [7, 11) is 0. The smallest absolute Gasteiger partial charge is 0.299 e. The van der Waals surface area contributed by atoms with Gasteiger partial charge in [-0.05, 0) is 30.3 Å². The van der Waals surface area contributed by atoms with Crippen molar-refractivity contribution >= 4 is 33.3 Å². The summed E-state index contributed by atoms with van der Waals surface area (Å²) in [5, 5.41) is 0. The van der Waals surface area contributed by atoms with Crippen molar-refractivity contribution in [3.8, 4) is 0 Å². The number of rotatable bonds is 2. The van der Waals surface area contributed by atoms with Crippen LogP contribution < -0.4 is 4.90 Å². The molecule has 1 aromatic heterocycles. The number of hydrogen-bond donors (Lipinski definition) is 0. The van der Waals surface area contributed by atoms with Crippen LogP contribution in [0.5, 0.6) is 0 Å². The summed E-state index contributed by atoms with van der Waals surface area (Å²) in [6.45, 7) is 0.300. The second kappa shape index (κ2) is 4.59. The van der Waals surface area contributed by atoms with Crippen LogP contribution in [0.25, 0.3) is 0 Å². The van der Waals surface area contributed by atoms with Crippen molar-refractivity contribution in [3.05, 3.63) is 58.3 Å². The van der Waals surface area contributed by atoms with Crippen LogP contribution >= 0.6 is 15.9 Å². The minimum Gasteiger partial charge on any atom is -0.299 e. The number of hydrogen-bond acceptors (Lipinski definition) is 3. The first kappa shape index (κ1) is 12.0. The molecule has 1 aliphatic heterocycles. The average Bonchev–Trinajstić information content (AvgIpc) is 2.65. The second-order valence-electron chi connectivity index (χ2n) is 4.20. The average molecular weight is 317 g/mol. The molecule has 3 rings (SSSR count). The number of halogens is 1. The Morgan fingerprint density at radius 3 is 2.74 bits per heavy atom. The zero-order chi connectivity index (χ0) is 13.4. The summed E-state index contributed by atoms with van der Waals surface area (Å²) in [6, 6.07) is 10.7. The predicted octanol–water partition coefficient (Wildman–Crippen LogP) is 2.57. The molecule has 0 spiro atoms. The summed E-state index contributed by atoms with van der Waals surface area (Å²) in [5.74, 6) is -0.961. The molecule has 0 radical (unpaired) electrons. The maximum atomic E-state index is 12.0. The molecule has 1 amide bonds. The van der Waals surface area contributed by atoms with Gasteiger partial charge in [0.15, 0.2) is 0 Å². The van der Waals surface area contributed by atoms with Crippen molar-refractivity contribution in [1.82, 2.24) is 4.98 Å². The lowest BCUT2D eigenvalue weighted by Crippen LogP contribution is -2.29. The van der Waals surface area contributed by atoms with Crippen LogP contribution in [0.1, 0.15) is 16.1 Å². The fourth-order valence-electron chi connectivity index (χ4n) is 2.08. The Kier molecular flexibility index (Phi) is 2.91. The minimum absolute atomic E-state index is 0.300. The van der Waals surface area contributed by atoms with Crippen LogP contribution in [-0.2, 0) is 11.3 Å². The van der Waals surface area contributed by atoms with Gasteiger partial charge in [-0.25, -0.2) is 0 Å². The Labute approximate surface area is 118 Å². The normalized spacial score (nSPS) is 13.8. The third-order valence-electron chi connectivity index (χ3n) is 2.98. The van der Waals surface area contributed by atoms with Gasteiger partial charge in [-0.2, -0.15) is 0 Å². The van der Waals surface area contributed by atoms with Crippen molar-refractivity contribution in [3.63, 3.8) is 0 Å². The predicted molar refractivity (Wildman–Crippen MR) is 73.9 cm³/mol. The Bertz CT molecular complexity index is 670. The lowest BCUT2D eigenvalue weighted by Gasteiger charge is -2.16. The van der Waals surface area contributed by atoms with Crippen LogP contribution in [-0.4, -0.2) is 16.7 Å². The molecule has 0 bridgehead atoms. The maximum Gasteiger partial charge on any atom is 0.299 e. The number of anilines is 1. The van der Waals surface area contributed by atoms with Crippen LogP contribution in [0.15, 0.2) is 47.1 Å². The SMILES string of the molecule is O=C1C(=O)N(Cc2ccccn2)c2cc(Br)ccc21. The van der Waals surface area contributed by atoms with E-state index in [9.17, 15) is 9.59 Å². The monoisotopic (exact) mass is 316 g/mol. The fraction of sp³-hybridized carbons (Fsp3) is 0.0714. The van der Waals surface area contributed by atoms with Gasteiger partial charge in [0.25, 0.3) is 11.7 Å². The number of aromatic nitrogens is 1. The van der Waals surface area contributed by atoms with Crippen molar-refractivity contribution < 1.29 is 9.59 Å². The first-order valence-corrected chi connectivity index (χ1v) is 6.52. The highest BCUT2D eigenvalue weighted by molar-refractivity contribution is 9.10. The number of Topliss-reactive ketones (excluding diaryl/α,β-unsaturated/α-hetero) is 1. The number of benzene rings is 1. The van der Waals surface area contributed by atoms with E-state index in [0.29, 0.717) is 17.8 Å². The molecule has 0 N–H and O–H groups in total. The zero-order valence-electron chi connectivity index (χ0n) is 9.84. The summed E-state index contributed by atoms with van der Waals surface area (Å²) >= 11 is 3.35. The summed E-state index contributed by atoms with van der Waals surface area (Å²) in [5.41, 5.74) is 1.83. The summed E-state index contributed by atoms with van der Waals surface area (Å²) < 4.78 is 0.833. The van der Waals surface area contributed by atoms with Crippen molar-refractivity contribution in [2.75, 3.05) is 4.90 Å². The van der Waals surface area contributed by atoms with Crippen molar-refractivity contribution in [2.24, 2.45) is 0 Å². The largest absolute Gasteiger partial charge is 0.299 e. The topological polar surface area (TPSA) is 50.3 Å². The Morgan fingerprint density at radius 1 is 1.16 bits per heavy atom. The number of nitrogens with zero attached hydrogens (tertiary/aromatic N) is 2. The van der Waals surface area contributed by atoms with Crippen molar-refractivity contribution in [2.45, 2.75) is 6.54 Å². The molecule has 2 aromatic rings. The van der Waals surface area contributed by atoms with E-state index in [2.05, 4.69) is 20.9 Å². The number of amides is 1. The Morgan fingerprint density at radius 2 is 2.00 bits per heavy atom. The van der Waals surface area contributed by atoms with Gasteiger partial charge in [0.2, 0.25) is 0 Å². The van der Waals surface area contributed by atoms with Crippen molar-refractivity contribution in [1.29, 1.82) is 0 Å². The second-order valence-corrected chi connectivity index (χ2v) is 5.12. The molecule has 94 valence electrons. The molecule has 1 aromatic carbocycles. The highest BCUT2D eigenvalue weighted by atomic mass is 79.9. The van der Waals surface area contributed by atoms with E-state index in [4.69, 9.17) is 0 Å². The van der Waals surface area contributed by atoms with Crippen LogP contribution in [0.4, 0.5) is 5.69 Å². The fourth-order valence-corrected chi connectivity index (χ4v) is 2.43. The van der Waals surface area contributed by atoms with E-state index >= 15 is 0 Å². The molecule has 1 aliphatic rings. The summed E-state index contributed by atoms with van der Waals surface area (Å²) in [6.07, 6.45) is 1.67. The van der Waals surface area contributed by atoms with E-state index in [-0.39, 0.29) is 0 Å². The molecule has 2 heterocycles. The van der Waals surface area contributed by atoms with E-state index < -0.39 is 11.7 Å². The molecule has 0 saturated heterocycles. The molecule has 19 heavy (non-hydrogen) atoms. The number of ketones is 1. The van der Waals surface area contributed by atoms with Gasteiger partial charge >= 0.3 is 0 Å². The zero-order valence-corrected chi connectivity index (χ0v) is 11.4. The molecular weight excluding hydrogens is 308 g/mol. The highest BCUT2D eigenvalue weighted by Gasteiger charge is 2.35. The molecular formula is C14H9BrN2O2. The van der Waals surface area contributed by atoms with E-state index in [1.807, 2.05) is 18.2 Å². The maximum absolute atomic E-state index is 12.0. The molecule has 0 atom stereocenters. The lowest BCUT2D eigenvalue weighted by atomic mass is 10.1. The van der Waals surface area contributed by atoms with Gasteiger partial charge in [0, 0.05) is 10.7 Å². The molecule has 0 aliphatic carbocycles. The lowest BCUT2D eigenvalue weighted by molar-refractivity contribution is -0.114. The molecule has 0 fully saturated rings. The highest BCUT2D eigenvalue weighted by Crippen LogP contribution is 2.32. The first-order valence-electron chi connectivity index (χ1n) is 5.72. The van der Waals surface area contributed by atoms with E-state index in [1.54, 1.807) is 24.4 Å². The van der Waals surface area contributed by atoms with Gasteiger partial charge in [-0.1, -0.05) is 22.0 Å². The van der Waals surface area contributed by atoms with Crippen LogP contribution in [0, 0.1) is 0 Å². The Hall–Kier alpha value is -2.01.